The number of alkyl halides is 2. The average molecular weight is 629 g/mol. The number of aliphatic hydroxyl groups excluding tert-OH is 1. The number of halogens is 2. The van der Waals surface area contributed by atoms with Gasteiger partial charge in [-0.2, -0.15) is 5.26 Å². The Bertz CT molecular complexity index is 1740. The number of β-amino-alcohol motifs (C(OH)–C–C–N with tert-alkyl or cyclic N) is 1. The highest BCUT2D eigenvalue weighted by atomic mass is 19.3. The number of carbonyl (C=O) groups is 1. The Balaban J connectivity index is 1.15. The van der Waals surface area contributed by atoms with Gasteiger partial charge in [0.2, 0.25) is 5.91 Å². The Morgan fingerprint density at radius 1 is 1.13 bits per heavy atom. The molecule has 4 aromatic rings. The van der Waals surface area contributed by atoms with Gasteiger partial charge in [0.25, 0.3) is 6.43 Å². The molecular weight excluding hydrogens is 590 g/mol. The highest BCUT2D eigenvalue weighted by Crippen LogP contribution is 2.36. The molecule has 1 atom stereocenters. The first kappa shape index (κ1) is 31.6. The van der Waals surface area contributed by atoms with Crippen LogP contribution in [0.15, 0.2) is 54.7 Å². The van der Waals surface area contributed by atoms with Crippen LogP contribution in [-0.2, 0) is 24.3 Å². The van der Waals surface area contributed by atoms with Gasteiger partial charge in [0.15, 0.2) is 0 Å². The van der Waals surface area contributed by atoms with Gasteiger partial charge >= 0.3 is 0 Å². The molecule has 4 heterocycles. The quantitative estimate of drug-likeness (QED) is 0.244. The van der Waals surface area contributed by atoms with Crippen molar-refractivity contribution in [2.24, 2.45) is 0 Å². The van der Waals surface area contributed by atoms with E-state index in [0.29, 0.717) is 65.5 Å². The van der Waals surface area contributed by atoms with Crippen LogP contribution in [0.3, 0.4) is 0 Å². The van der Waals surface area contributed by atoms with Crippen LogP contribution < -0.4 is 4.74 Å². The third-order valence-corrected chi connectivity index (χ3v) is 9.12. The lowest BCUT2D eigenvalue weighted by molar-refractivity contribution is -0.131. The lowest BCUT2D eigenvalue weighted by atomic mass is 9.87. The maximum atomic E-state index is 14.2. The monoisotopic (exact) mass is 628 g/mol. The topological polar surface area (TPSA) is 109 Å². The summed E-state index contributed by atoms with van der Waals surface area (Å²) in [4.78, 5) is 27.0. The van der Waals surface area contributed by atoms with E-state index in [1.807, 2.05) is 17.0 Å². The van der Waals surface area contributed by atoms with E-state index in [4.69, 9.17) is 4.74 Å². The van der Waals surface area contributed by atoms with Crippen LogP contribution in [0.1, 0.15) is 59.2 Å². The third kappa shape index (κ3) is 6.89. The van der Waals surface area contributed by atoms with E-state index in [1.54, 1.807) is 30.5 Å². The molecule has 2 aromatic carbocycles. The number of benzene rings is 2. The number of aromatic nitrogens is 2. The fourth-order valence-electron chi connectivity index (χ4n) is 6.57. The van der Waals surface area contributed by atoms with E-state index in [2.05, 4.69) is 38.8 Å². The standard InChI is InChI=1S/C35H38F2N6O3/c1-2-24-21-43(22-26-17-28(5-6-29(24)26)46-32-7-8-39-35-31(32)18-27(19-38)40-35)33(45)16-23-3-4-25(30(15-23)34(36)37)20-42-11-9-41(10-12-42)13-14-44/h3-8,15,17-18,24,34,44H,2,9-14,16,20-22H2,1H3,(H,39,40)/t24-/m0/s1. The molecule has 240 valence electrons. The van der Waals surface area contributed by atoms with Gasteiger partial charge in [-0.05, 0) is 59.0 Å². The Hall–Kier alpha value is -4.37. The zero-order valence-electron chi connectivity index (χ0n) is 25.9. The minimum absolute atomic E-state index is 0.0187. The van der Waals surface area contributed by atoms with E-state index in [1.165, 1.54) is 11.6 Å². The maximum Gasteiger partial charge on any atom is 0.264 e. The van der Waals surface area contributed by atoms with Crippen molar-refractivity contribution in [2.75, 3.05) is 45.9 Å². The number of hydrogen-bond acceptors (Lipinski definition) is 7. The summed E-state index contributed by atoms with van der Waals surface area (Å²) < 4.78 is 34.6. The van der Waals surface area contributed by atoms with Crippen molar-refractivity contribution >= 4 is 16.9 Å². The molecule has 0 spiro atoms. The van der Waals surface area contributed by atoms with Gasteiger partial charge in [0, 0.05) is 70.0 Å². The van der Waals surface area contributed by atoms with Crippen LogP contribution in [0.2, 0.25) is 0 Å². The van der Waals surface area contributed by atoms with Crippen LogP contribution in [0.4, 0.5) is 8.78 Å². The Labute approximate surface area is 267 Å². The number of aromatic amines is 1. The van der Waals surface area contributed by atoms with E-state index < -0.39 is 6.43 Å². The molecule has 0 unspecified atom stereocenters. The van der Waals surface area contributed by atoms with Gasteiger partial charge in [-0.1, -0.05) is 25.1 Å². The predicted octanol–water partition coefficient (Wildman–Crippen LogP) is 5.35. The van der Waals surface area contributed by atoms with E-state index in [9.17, 15) is 23.9 Å². The van der Waals surface area contributed by atoms with Crippen LogP contribution in [0.25, 0.3) is 11.0 Å². The number of fused-ring (bicyclic) bond motifs is 2. The molecule has 11 heteroatoms. The number of pyridine rings is 1. The fraction of sp³-hybridized carbons (Fsp3) is 0.400. The number of hydrogen-bond donors (Lipinski definition) is 2. The van der Waals surface area contributed by atoms with Crippen molar-refractivity contribution in [2.45, 2.75) is 45.2 Å². The van der Waals surface area contributed by atoms with Gasteiger partial charge in [-0.15, -0.1) is 0 Å². The summed E-state index contributed by atoms with van der Waals surface area (Å²) in [6, 6.07) is 16.5. The SMILES string of the molecule is CC[C@H]1CN(C(=O)Cc2ccc(CN3CCN(CCO)CC3)c(C(F)F)c2)Cc2cc(Oc3ccnc4[nH]c(C#N)cc34)ccc21. The second-order valence-corrected chi connectivity index (χ2v) is 12.1. The molecule has 2 aliphatic heterocycles. The largest absolute Gasteiger partial charge is 0.457 e. The van der Waals surface area contributed by atoms with Crippen molar-refractivity contribution in [1.82, 2.24) is 24.7 Å². The van der Waals surface area contributed by atoms with E-state index in [-0.39, 0.29) is 30.4 Å². The zero-order valence-corrected chi connectivity index (χ0v) is 25.9. The summed E-state index contributed by atoms with van der Waals surface area (Å²) in [5.74, 6) is 1.23. The molecule has 0 radical (unpaired) electrons. The molecule has 1 amide bonds. The van der Waals surface area contributed by atoms with Crippen LogP contribution in [0, 0.1) is 11.3 Å². The summed E-state index contributed by atoms with van der Waals surface area (Å²) in [5.41, 5.74) is 4.27. The number of nitrogens with one attached hydrogen (secondary N) is 1. The first-order valence-corrected chi connectivity index (χ1v) is 15.8. The molecule has 2 aliphatic rings. The van der Waals surface area contributed by atoms with E-state index >= 15 is 0 Å². The minimum Gasteiger partial charge on any atom is -0.457 e. The number of rotatable bonds is 10. The molecule has 46 heavy (non-hydrogen) atoms. The summed E-state index contributed by atoms with van der Waals surface area (Å²) in [6.45, 7) is 7.34. The summed E-state index contributed by atoms with van der Waals surface area (Å²) in [7, 11) is 0. The molecule has 0 aliphatic carbocycles. The van der Waals surface area contributed by atoms with Crippen LogP contribution in [-0.4, -0.2) is 81.6 Å². The molecule has 1 fully saturated rings. The van der Waals surface area contributed by atoms with Crippen molar-refractivity contribution in [3.8, 4) is 17.6 Å². The van der Waals surface area contributed by atoms with Crippen LogP contribution in [0.5, 0.6) is 11.5 Å². The van der Waals surface area contributed by atoms with Crippen molar-refractivity contribution in [3.05, 3.63) is 88.2 Å². The second kappa shape index (κ2) is 14.0. The second-order valence-electron chi connectivity index (χ2n) is 12.1. The van der Waals surface area contributed by atoms with Gasteiger partial charge in [0.05, 0.1) is 18.4 Å². The maximum absolute atomic E-state index is 14.2. The molecule has 6 rings (SSSR count). The highest BCUT2D eigenvalue weighted by Gasteiger charge is 2.28. The number of nitrogens with zero attached hydrogens (tertiary/aromatic N) is 5. The Morgan fingerprint density at radius 3 is 2.67 bits per heavy atom. The number of H-pyrrole nitrogens is 1. The number of amides is 1. The number of ether oxygens (including phenoxy) is 1. The van der Waals surface area contributed by atoms with Crippen molar-refractivity contribution in [1.29, 1.82) is 5.26 Å². The normalized spacial score (nSPS) is 17.3. The van der Waals surface area contributed by atoms with Crippen molar-refractivity contribution in [3.63, 3.8) is 0 Å². The highest BCUT2D eigenvalue weighted by molar-refractivity contribution is 5.84. The molecule has 2 N–H and O–H groups in total. The fourth-order valence-corrected chi connectivity index (χ4v) is 6.57. The van der Waals surface area contributed by atoms with Gasteiger partial charge in [-0.25, -0.2) is 13.8 Å². The lowest BCUT2D eigenvalue weighted by Crippen LogP contribution is -2.46. The number of aliphatic hydroxyl groups is 1. The first-order valence-electron chi connectivity index (χ1n) is 15.8. The summed E-state index contributed by atoms with van der Waals surface area (Å²) >= 11 is 0. The van der Waals surface area contributed by atoms with E-state index in [0.717, 1.165) is 38.2 Å². The number of nitriles is 1. The smallest absolute Gasteiger partial charge is 0.264 e. The molecule has 2 aromatic heterocycles. The lowest BCUT2D eigenvalue weighted by Gasteiger charge is -2.35. The Kier molecular flexibility index (Phi) is 9.59. The third-order valence-electron chi connectivity index (χ3n) is 9.12. The van der Waals surface area contributed by atoms with Crippen LogP contribution >= 0.6 is 0 Å². The zero-order chi connectivity index (χ0) is 32.2. The summed E-state index contributed by atoms with van der Waals surface area (Å²) in [6.07, 6.45) is -0.120. The molecule has 0 bridgehead atoms. The Morgan fingerprint density at radius 2 is 1.93 bits per heavy atom. The summed E-state index contributed by atoms with van der Waals surface area (Å²) in [5, 5.41) is 19.1. The number of piperazine rings is 1. The molecule has 9 nitrogen and oxygen atoms in total. The molecule has 1 saturated heterocycles. The minimum atomic E-state index is -2.63. The predicted molar refractivity (Wildman–Crippen MR) is 170 cm³/mol. The van der Waals surface area contributed by atoms with Gasteiger partial charge in [-0.3, -0.25) is 14.6 Å². The molecule has 0 saturated carbocycles. The van der Waals surface area contributed by atoms with Gasteiger partial charge in [0.1, 0.15) is 28.9 Å². The number of carbonyl (C=O) groups excluding carboxylic acids is 1. The van der Waals surface area contributed by atoms with Crippen molar-refractivity contribution < 1.29 is 23.4 Å². The molecular formula is C35H38F2N6O3. The van der Waals surface area contributed by atoms with Gasteiger partial charge < -0.3 is 19.7 Å². The average Bonchev–Trinajstić information content (AvgIpc) is 3.50. The first-order chi connectivity index (χ1) is 22.3.